The first-order chi connectivity index (χ1) is 18.7. The molecule has 0 saturated carbocycles. The lowest BCUT2D eigenvalue weighted by Gasteiger charge is -2.47. The van der Waals surface area contributed by atoms with E-state index >= 15 is 0 Å². The third-order valence-corrected chi connectivity index (χ3v) is 7.58. The SMILES string of the molecule is COc1ccc([C@@H]2Oc3ccccc3[C@@H]3[C@H]2c2ccccc2O[C@H]3c2ccc(OC)c(OC)c2)cc1OC. The third kappa shape index (κ3) is 3.88. The standard InChI is InChI=1S/C32H30O6/c1-33-25-15-13-19(17-27(25)35-3)31-29-21-9-5-8-12-24(21)38-32(20-14-16-26(34-2)28(18-20)36-4)30(29)22-10-6-7-11-23(22)37-31/h5-18,29-32H,1-4H3/t29-,30-,31+,32+/m1/s1. The predicted octanol–water partition coefficient (Wildman–Crippen LogP) is 6.86. The molecule has 0 N–H and O–H groups in total. The van der Waals surface area contributed by atoms with Crippen molar-refractivity contribution in [2.75, 3.05) is 28.4 Å². The van der Waals surface area contributed by atoms with Gasteiger partial charge in [0.25, 0.3) is 0 Å². The Labute approximate surface area is 222 Å². The molecule has 2 heterocycles. The highest BCUT2D eigenvalue weighted by Crippen LogP contribution is 2.61. The Bertz CT molecular complexity index is 1350. The monoisotopic (exact) mass is 510 g/mol. The van der Waals surface area contributed by atoms with E-state index in [1.807, 2.05) is 48.5 Å². The van der Waals surface area contributed by atoms with Gasteiger partial charge in [-0.1, -0.05) is 48.5 Å². The second-order valence-corrected chi connectivity index (χ2v) is 9.43. The molecule has 4 aromatic carbocycles. The molecule has 0 fully saturated rings. The van der Waals surface area contributed by atoms with Crippen molar-refractivity contribution in [2.45, 2.75) is 24.0 Å². The fourth-order valence-electron chi connectivity index (χ4n) is 5.85. The minimum atomic E-state index is -0.276. The van der Waals surface area contributed by atoms with Gasteiger partial charge in [-0.25, -0.2) is 0 Å². The van der Waals surface area contributed by atoms with Gasteiger partial charge in [0.05, 0.1) is 28.4 Å². The van der Waals surface area contributed by atoms with Crippen molar-refractivity contribution in [3.8, 4) is 34.5 Å². The molecule has 6 nitrogen and oxygen atoms in total. The van der Waals surface area contributed by atoms with Crippen LogP contribution in [0.4, 0.5) is 0 Å². The van der Waals surface area contributed by atoms with Crippen LogP contribution in [-0.4, -0.2) is 28.4 Å². The van der Waals surface area contributed by atoms with Crippen LogP contribution in [0.25, 0.3) is 0 Å². The highest BCUT2D eigenvalue weighted by molar-refractivity contribution is 5.54. The summed E-state index contributed by atoms with van der Waals surface area (Å²) in [6.07, 6.45) is -0.551. The summed E-state index contributed by atoms with van der Waals surface area (Å²) in [5.74, 6) is 4.35. The zero-order chi connectivity index (χ0) is 26.2. The Morgan fingerprint density at radius 3 is 1.26 bits per heavy atom. The molecule has 6 rings (SSSR count). The predicted molar refractivity (Wildman–Crippen MR) is 144 cm³/mol. The summed E-state index contributed by atoms with van der Waals surface area (Å²) in [4.78, 5) is 0. The highest BCUT2D eigenvalue weighted by Gasteiger charge is 2.49. The van der Waals surface area contributed by atoms with Gasteiger partial charge in [0.2, 0.25) is 0 Å². The van der Waals surface area contributed by atoms with E-state index in [0.29, 0.717) is 23.0 Å². The van der Waals surface area contributed by atoms with Crippen LogP contribution < -0.4 is 28.4 Å². The van der Waals surface area contributed by atoms with E-state index in [4.69, 9.17) is 28.4 Å². The topological polar surface area (TPSA) is 55.4 Å². The summed E-state index contributed by atoms with van der Waals surface area (Å²) in [6.45, 7) is 0. The number of ether oxygens (including phenoxy) is 6. The minimum absolute atomic E-state index is 0.0222. The van der Waals surface area contributed by atoms with E-state index in [0.717, 1.165) is 33.8 Å². The first-order valence-electron chi connectivity index (χ1n) is 12.6. The maximum absolute atomic E-state index is 6.79. The average molecular weight is 511 g/mol. The lowest BCUT2D eigenvalue weighted by molar-refractivity contribution is 0.0545. The van der Waals surface area contributed by atoms with Crippen molar-refractivity contribution in [1.29, 1.82) is 0 Å². The van der Waals surface area contributed by atoms with Gasteiger partial charge in [-0.2, -0.15) is 0 Å². The molecule has 0 amide bonds. The van der Waals surface area contributed by atoms with Crippen LogP contribution >= 0.6 is 0 Å². The summed E-state index contributed by atoms with van der Waals surface area (Å²) in [5.41, 5.74) is 4.25. The molecule has 0 saturated heterocycles. The molecule has 0 unspecified atom stereocenters. The van der Waals surface area contributed by atoms with Crippen molar-refractivity contribution in [3.05, 3.63) is 107 Å². The summed E-state index contributed by atoms with van der Waals surface area (Å²) >= 11 is 0. The quantitative estimate of drug-likeness (QED) is 0.283. The van der Waals surface area contributed by atoms with Crippen LogP contribution in [-0.2, 0) is 0 Å². The number of rotatable bonds is 6. The van der Waals surface area contributed by atoms with E-state index in [1.165, 1.54) is 0 Å². The smallest absolute Gasteiger partial charge is 0.161 e. The maximum Gasteiger partial charge on any atom is 0.161 e. The number of methoxy groups -OCH3 is 4. The number of hydrogen-bond donors (Lipinski definition) is 0. The van der Waals surface area contributed by atoms with Crippen molar-refractivity contribution >= 4 is 0 Å². The molecule has 4 aromatic rings. The van der Waals surface area contributed by atoms with Crippen LogP contribution in [0.2, 0.25) is 0 Å². The highest BCUT2D eigenvalue weighted by atomic mass is 16.5. The van der Waals surface area contributed by atoms with E-state index in [9.17, 15) is 0 Å². The zero-order valence-electron chi connectivity index (χ0n) is 21.8. The fourth-order valence-corrected chi connectivity index (χ4v) is 5.85. The summed E-state index contributed by atoms with van der Waals surface area (Å²) in [6, 6.07) is 28.5. The van der Waals surface area contributed by atoms with E-state index < -0.39 is 0 Å². The van der Waals surface area contributed by atoms with Crippen LogP contribution in [0, 0.1) is 0 Å². The molecule has 0 radical (unpaired) electrons. The van der Waals surface area contributed by atoms with Crippen LogP contribution in [0.1, 0.15) is 46.3 Å². The first kappa shape index (κ1) is 24.0. The van der Waals surface area contributed by atoms with Gasteiger partial charge < -0.3 is 28.4 Å². The third-order valence-electron chi connectivity index (χ3n) is 7.58. The molecule has 0 aliphatic carbocycles. The zero-order valence-corrected chi connectivity index (χ0v) is 21.8. The Morgan fingerprint density at radius 1 is 0.474 bits per heavy atom. The molecule has 38 heavy (non-hydrogen) atoms. The minimum Gasteiger partial charge on any atom is -0.493 e. The molecule has 0 spiro atoms. The van der Waals surface area contributed by atoms with Gasteiger partial charge in [-0.15, -0.1) is 0 Å². The second kappa shape index (κ2) is 9.86. The molecule has 4 atom stereocenters. The molecular weight excluding hydrogens is 480 g/mol. The van der Waals surface area contributed by atoms with E-state index in [-0.39, 0.29) is 24.0 Å². The largest absolute Gasteiger partial charge is 0.493 e. The molecule has 0 bridgehead atoms. The second-order valence-electron chi connectivity index (χ2n) is 9.43. The number of hydrogen-bond acceptors (Lipinski definition) is 6. The molecule has 2 aliphatic rings. The van der Waals surface area contributed by atoms with Crippen LogP contribution in [0.3, 0.4) is 0 Å². The van der Waals surface area contributed by atoms with E-state index in [1.54, 1.807) is 28.4 Å². The van der Waals surface area contributed by atoms with Gasteiger partial charge in [0, 0.05) is 23.0 Å². The Balaban J connectivity index is 1.56. The molecule has 194 valence electrons. The van der Waals surface area contributed by atoms with Gasteiger partial charge in [0.1, 0.15) is 23.7 Å². The van der Waals surface area contributed by atoms with Crippen LogP contribution in [0.5, 0.6) is 34.5 Å². The average Bonchev–Trinajstić information content (AvgIpc) is 2.99. The molecule has 0 aromatic heterocycles. The Kier molecular flexibility index (Phi) is 6.24. The number of fused-ring (bicyclic) bond motifs is 5. The maximum atomic E-state index is 6.79. The van der Waals surface area contributed by atoms with Crippen molar-refractivity contribution in [3.63, 3.8) is 0 Å². The lowest BCUT2D eigenvalue weighted by Crippen LogP contribution is -2.36. The van der Waals surface area contributed by atoms with Gasteiger partial charge in [0.15, 0.2) is 23.0 Å². The lowest BCUT2D eigenvalue weighted by atomic mass is 9.68. The number of para-hydroxylation sites is 2. The Hall–Kier alpha value is -4.32. The van der Waals surface area contributed by atoms with Crippen molar-refractivity contribution in [1.82, 2.24) is 0 Å². The molecule has 2 aliphatic heterocycles. The van der Waals surface area contributed by atoms with Crippen molar-refractivity contribution in [2.24, 2.45) is 0 Å². The number of benzene rings is 4. The van der Waals surface area contributed by atoms with Crippen molar-refractivity contribution < 1.29 is 28.4 Å². The first-order valence-corrected chi connectivity index (χ1v) is 12.6. The molecular formula is C32H30O6. The normalized spacial score (nSPS) is 21.1. The summed E-state index contributed by atoms with van der Waals surface area (Å²) in [5, 5.41) is 0. The Morgan fingerprint density at radius 2 is 0.868 bits per heavy atom. The van der Waals surface area contributed by atoms with Gasteiger partial charge in [-0.3, -0.25) is 0 Å². The van der Waals surface area contributed by atoms with Gasteiger partial charge >= 0.3 is 0 Å². The fraction of sp³-hybridized carbons (Fsp3) is 0.250. The molecule has 6 heteroatoms. The van der Waals surface area contributed by atoms with E-state index in [2.05, 4.69) is 36.4 Å². The summed E-state index contributed by atoms with van der Waals surface area (Å²) < 4.78 is 35.9. The summed E-state index contributed by atoms with van der Waals surface area (Å²) in [7, 11) is 6.59. The van der Waals surface area contributed by atoms with Gasteiger partial charge in [-0.05, 0) is 47.5 Å². The van der Waals surface area contributed by atoms with Crippen LogP contribution in [0.15, 0.2) is 84.9 Å².